The van der Waals surface area contributed by atoms with Crippen molar-refractivity contribution in [3.8, 4) is 11.5 Å². The molecule has 0 amide bonds. The first-order valence-electron chi connectivity index (χ1n) is 11.5. The molecule has 0 spiro atoms. The van der Waals surface area contributed by atoms with E-state index in [1.54, 1.807) is 14.2 Å². The summed E-state index contributed by atoms with van der Waals surface area (Å²) in [6.45, 7) is 0. The minimum absolute atomic E-state index is 0.000114. The summed E-state index contributed by atoms with van der Waals surface area (Å²) in [5.41, 5.74) is 2.53. The Labute approximate surface area is 190 Å². The Morgan fingerprint density at radius 2 is 1.22 bits per heavy atom. The first-order valence-corrected chi connectivity index (χ1v) is 11.5. The van der Waals surface area contributed by atoms with Gasteiger partial charge in [-0.15, -0.1) is 0 Å². The van der Waals surface area contributed by atoms with Crippen LogP contribution in [0.25, 0.3) is 0 Å². The van der Waals surface area contributed by atoms with Gasteiger partial charge < -0.3 is 14.6 Å². The van der Waals surface area contributed by atoms with E-state index in [2.05, 4.69) is 41.3 Å². The smallest absolute Gasteiger partial charge is 0.123 e. The molecule has 2 fully saturated rings. The van der Waals surface area contributed by atoms with Crippen LogP contribution in [0.4, 0.5) is 0 Å². The lowest BCUT2D eigenvalue weighted by atomic mass is 9.79. The summed E-state index contributed by atoms with van der Waals surface area (Å²) in [5, 5.41) is 11.7. The van der Waals surface area contributed by atoms with Crippen LogP contribution >= 0.6 is 0 Å². The molecule has 1 N–H and O–H groups in total. The highest BCUT2D eigenvalue weighted by Crippen LogP contribution is 2.52. The number of piperidine rings is 1. The zero-order valence-corrected chi connectivity index (χ0v) is 18.8. The van der Waals surface area contributed by atoms with Crippen molar-refractivity contribution in [2.75, 3.05) is 14.2 Å². The van der Waals surface area contributed by atoms with E-state index in [1.807, 2.05) is 42.5 Å². The second-order valence-electron chi connectivity index (χ2n) is 9.02. The van der Waals surface area contributed by atoms with Crippen LogP contribution in [0.3, 0.4) is 0 Å². The molecule has 0 aromatic heterocycles. The SMILES string of the molecule is COc1ccccc1C(c1ccccc1OC)N1C2CCC1CC(O)(c1ccccc1)C2. The molecule has 3 aromatic carbocycles. The Balaban J connectivity index is 1.59. The van der Waals surface area contributed by atoms with E-state index in [0.717, 1.165) is 53.9 Å². The van der Waals surface area contributed by atoms with E-state index in [0.29, 0.717) is 0 Å². The van der Waals surface area contributed by atoms with Gasteiger partial charge in [0.25, 0.3) is 0 Å². The van der Waals surface area contributed by atoms with E-state index >= 15 is 0 Å². The topological polar surface area (TPSA) is 41.9 Å². The van der Waals surface area contributed by atoms with Gasteiger partial charge in [-0.05, 0) is 43.4 Å². The maximum Gasteiger partial charge on any atom is 0.123 e. The Morgan fingerprint density at radius 3 is 1.72 bits per heavy atom. The summed E-state index contributed by atoms with van der Waals surface area (Å²) in [6.07, 6.45) is 3.63. The van der Waals surface area contributed by atoms with Crippen LogP contribution in [0.1, 0.15) is 48.4 Å². The standard InChI is InChI=1S/C28H31NO3/c1-31-25-14-8-6-12-23(25)27(24-13-7-9-15-26(24)32-2)29-21-16-17-22(29)19-28(30,18-21)20-10-4-3-5-11-20/h3-15,21-22,27,30H,16-19H2,1-2H3. The van der Waals surface area contributed by atoms with Gasteiger partial charge in [0.05, 0.1) is 25.9 Å². The molecule has 2 aliphatic heterocycles. The molecular weight excluding hydrogens is 398 g/mol. The molecule has 2 aliphatic rings. The quantitative estimate of drug-likeness (QED) is 0.577. The first-order chi connectivity index (χ1) is 15.6. The lowest BCUT2D eigenvalue weighted by molar-refractivity contribution is -0.0660. The number of rotatable bonds is 6. The molecule has 5 rings (SSSR count). The lowest BCUT2D eigenvalue weighted by Crippen LogP contribution is -2.51. The molecule has 0 aliphatic carbocycles. The van der Waals surface area contributed by atoms with Gasteiger partial charge in [0, 0.05) is 23.2 Å². The number of fused-ring (bicyclic) bond motifs is 2. The minimum atomic E-state index is -0.782. The average Bonchev–Trinajstić information content (AvgIpc) is 3.11. The third-order valence-corrected chi connectivity index (χ3v) is 7.30. The van der Waals surface area contributed by atoms with Crippen LogP contribution in [0.5, 0.6) is 11.5 Å². The lowest BCUT2D eigenvalue weighted by Gasteiger charge is -2.48. The summed E-state index contributed by atoms with van der Waals surface area (Å²) in [7, 11) is 3.47. The summed E-state index contributed by atoms with van der Waals surface area (Å²) in [6, 6.07) is 27.3. The van der Waals surface area contributed by atoms with Gasteiger partial charge in [0.2, 0.25) is 0 Å². The van der Waals surface area contributed by atoms with Crippen LogP contribution < -0.4 is 9.47 Å². The van der Waals surface area contributed by atoms with Crippen LogP contribution in [0, 0.1) is 0 Å². The largest absolute Gasteiger partial charge is 0.496 e. The number of hydrogen-bond donors (Lipinski definition) is 1. The van der Waals surface area contributed by atoms with Gasteiger partial charge in [-0.3, -0.25) is 4.90 Å². The fourth-order valence-electron chi connectivity index (χ4n) is 5.94. The highest BCUT2D eigenvalue weighted by atomic mass is 16.5. The molecular formula is C28H31NO3. The molecule has 0 radical (unpaired) electrons. The molecule has 32 heavy (non-hydrogen) atoms. The molecule has 2 bridgehead atoms. The van der Waals surface area contributed by atoms with Crippen molar-refractivity contribution in [3.63, 3.8) is 0 Å². The van der Waals surface area contributed by atoms with Crippen molar-refractivity contribution < 1.29 is 14.6 Å². The number of nitrogens with zero attached hydrogens (tertiary/aromatic N) is 1. The van der Waals surface area contributed by atoms with Gasteiger partial charge in [0.1, 0.15) is 11.5 Å². The normalized spacial score (nSPS) is 25.1. The summed E-state index contributed by atoms with van der Waals surface area (Å²) < 4.78 is 11.6. The Morgan fingerprint density at radius 1 is 0.750 bits per heavy atom. The van der Waals surface area contributed by atoms with Crippen molar-refractivity contribution in [2.45, 2.75) is 49.4 Å². The van der Waals surface area contributed by atoms with Gasteiger partial charge in [-0.1, -0.05) is 66.7 Å². The highest BCUT2D eigenvalue weighted by Gasteiger charge is 2.51. The maximum atomic E-state index is 11.7. The van der Waals surface area contributed by atoms with E-state index in [9.17, 15) is 5.11 Å². The Kier molecular flexibility index (Phi) is 5.66. The molecule has 0 saturated carbocycles. The fraction of sp³-hybridized carbons (Fsp3) is 0.357. The van der Waals surface area contributed by atoms with Crippen LogP contribution in [-0.2, 0) is 5.60 Å². The molecule has 2 heterocycles. The molecule has 166 valence electrons. The predicted molar refractivity (Wildman–Crippen MR) is 126 cm³/mol. The van der Waals surface area contributed by atoms with E-state index in [-0.39, 0.29) is 18.1 Å². The number of ether oxygens (including phenoxy) is 2. The second-order valence-corrected chi connectivity index (χ2v) is 9.02. The third kappa shape index (κ3) is 3.58. The van der Waals surface area contributed by atoms with Gasteiger partial charge in [-0.2, -0.15) is 0 Å². The minimum Gasteiger partial charge on any atom is -0.496 e. The van der Waals surface area contributed by atoms with Gasteiger partial charge in [-0.25, -0.2) is 0 Å². The highest BCUT2D eigenvalue weighted by molar-refractivity contribution is 5.47. The number of benzene rings is 3. The van der Waals surface area contributed by atoms with Gasteiger partial charge >= 0.3 is 0 Å². The Hall–Kier alpha value is -2.82. The number of aliphatic hydroxyl groups is 1. The van der Waals surface area contributed by atoms with Crippen molar-refractivity contribution in [2.24, 2.45) is 0 Å². The van der Waals surface area contributed by atoms with Crippen LogP contribution in [0.15, 0.2) is 78.9 Å². The molecule has 2 atom stereocenters. The van der Waals surface area contributed by atoms with Crippen molar-refractivity contribution in [1.82, 2.24) is 4.90 Å². The molecule has 4 heteroatoms. The Bertz CT molecular complexity index is 1010. The van der Waals surface area contributed by atoms with Crippen molar-refractivity contribution in [3.05, 3.63) is 95.6 Å². The van der Waals surface area contributed by atoms with E-state index < -0.39 is 5.60 Å². The molecule has 2 unspecified atom stereocenters. The van der Waals surface area contributed by atoms with Gasteiger partial charge in [0.15, 0.2) is 0 Å². The van der Waals surface area contributed by atoms with E-state index in [1.165, 1.54) is 0 Å². The number of methoxy groups -OCH3 is 2. The molecule has 3 aromatic rings. The fourth-order valence-corrected chi connectivity index (χ4v) is 5.94. The van der Waals surface area contributed by atoms with Crippen LogP contribution in [-0.4, -0.2) is 36.3 Å². The predicted octanol–water partition coefficient (Wildman–Crippen LogP) is 5.31. The van der Waals surface area contributed by atoms with Crippen molar-refractivity contribution >= 4 is 0 Å². The molecule has 4 nitrogen and oxygen atoms in total. The number of hydrogen-bond acceptors (Lipinski definition) is 4. The third-order valence-electron chi connectivity index (χ3n) is 7.30. The van der Waals surface area contributed by atoms with Crippen LogP contribution in [0.2, 0.25) is 0 Å². The zero-order chi connectivity index (χ0) is 22.1. The summed E-state index contributed by atoms with van der Waals surface area (Å²) in [4.78, 5) is 2.62. The van der Waals surface area contributed by atoms with E-state index in [4.69, 9.17) is 9.47 Å². The second kappa shape index (κ2) is 8.61. The monoisotopic (exact) mass is 429 g/mol. The maximum absolute atomic E-state index is 11.7. The van der Waals surface area contributed by atoms with Crippen molar-refractivity contribution in [1.29, 1.82) is 0 Å². The zero-order valence-electron chi connectivity index (χ0n) is 18.8. The average molecular weight is 430 g/mol. The first kappa shape index (κ1) is 21.0. The summed E-state index contributed by atoms with van der Waals surface area (Å²) in [5.74, 6) is 1.76. The summed E-state index contributed by atoms with van der Waals surface area (Å²) >= 11 is 0. The number of para-hydroxylation sites is 2. The molecule has 2 saturated heterocycles.